The average molecular weight is 336 g/mol. The fraction of sp³-hybridized carbons (Fsp3) is 0.300. The van der Waals surface area contributed by atoms with E-state index < -0.39 is 11.0 Å². The van der Waals surface area contributed by atoms with Crippen LogP contribution in [-0.4, -0.2) is 15.0 Å². The van der Waals surface area contributed by atoms with Crippen molar-refractivity contribution in [3.63, 3.8) is 0 Å². The summed E-state index contributed by atoms with van der Waals surface area (Å²) in [6.07, 6.45) is 6.26. The molecule has 1 unspecified atom stereocenters. The molecule has 25 heavy (non-hydrogen) atoms. The quantitative estimate of drug-likeness (QED) is 0.503. The zero-order chi connectivity index (χ0) is 17.6. The molecule has 5 nitrogen and oxygen atoms in total. The second-order valence-electron chi connectivity index (χ2n) is 6.17. The van der Waals surface area contributed by atoms with Crippen LogP contribution in [0.4, 0.5) is 5.69 Å². The minimum Gasteiger partial charge on any atom is -0.383 e. The van der Waals surface area contributed by atoms with Gasteiger partial charge in [0.15, 0.2) is 0 Å². The second-order valence-corrected chi connectivity index (χ2v) is 6.17. The molecule has 1 aromatic heterocycles. The molecule has 1 aromatic carbocycles. The Morgan fingerprint density at radius 2 is 1.84 bits per heavy atom. The molecule has 1 saturated carbocycles. The van der Waals surface area contributed by atoms with Gasteiger partial charge in [-0.05, 0) is 61.1 Å². The van der Waals surface area contributed by atoms with E-state index in [0.29, 0.717) is 16.8 Å². The minimum atomic E-state index is -0.926. The summed E-state index contributed by atoms with van der Waals surface area (Å²) in [6, 6.07) is 11.5. The molecule has 1 aliphatic rings. The number of rotatable bonds is 4. The molecule has 0 radical (unpaired) electrons. The van der Waals surface area contributed by atoms with E-state index in [2.05, 4.69) is 10.7 Å². The van der Waals surface area contributed by atoms with Crippen molar-refractivity contribution in [2.75, 3.05) is 0 Å². The number of pyridine rings is 1. The van der Waals surface area contributed by atoms with Crippen LogP contribution in [0.25, 0.3) is 5.57 Å². The van der Waals surface area contributed by atoms with E-state index in [9.17, 15) is 15.2 Å². The Hall–Kier alpha value is -2.75. The van der Waals surface area contributed by atoms with Crippen molar-refractivity contribution < 1.29 is 10.0 Å². The van der Waals surface area contributed by atoms with Gasteiger partial charge in [-0.2, -0.15) is 0 Å². The SMILES string of the molecule is O=[N+]([O-])c1ccc(C(O)C(=C=C2CCCCC2)c2ccccn2)cc1. The zero-order valence-electron chi connectivity index (χ0n) is 13.9. The van der Waals surface area contributed by atoms with Crippen molar-refractivity contribution in [3.05, 3.63) is 81.3 Å². The lowest BCUT2D eigenvalue weighted by molar-refractivity contribution is -0.384. The van der Waals surface area contributed by atoms with Crippen molar-refractivity contribution in [2.45, 2.75) is 38.2 Å². The lowest BCUT2D eigenvalue weighted by Gasteiger charge is -2.16. The number of benzene rings is 1. The summed E-state index contributed by atoms with van der Waals surface area (Å²) in [5.41, 5.74) is 6.48. The van der Waals surface area contributed by atoms with Crippen LogP contribution in [0.3, 0.4) is 0 Å². The number of aliphatic hydroxyl groups excluding tert-OH is 1. The Morgan fingerprint density at radius 3 is 2.44 bits per heavy atom. The van der Waals surface area contributed by atoms with E-state index >= 15 is 0 Å². The van der Waals surface area contributed by atoms with Crippen molar-refractivity contribution in [2.24, 2.45) is 0 Å². The highest BCUT2D eigenvalue weighted by atomic mass is 16.6. The van der Waals surface area contributed by atoms with Gasteiger partial charge in [-0.25, -0.2) is 0 Å². The predicted octanol–water partition coefficient (Wildman–Crippen LogP) is 4.60. The molecular weight excluding hydrogens is 316 g/mol. The number of hydrogen-bond acceptors (Lipinski definition) is 4. The van der Waals surface area contributed by atoms with Crippen molar-refractivity contribution >= 4 is 11.3 Å². The number of non-ortho nitro benzene ring substituents is 1. The first-order chi connectivity index (χ1) is 12.1. The van der Waals surface area contributed by atoms with Crippen molar-refractivity contribution in [1.82, 2.24) is 4.98 Å². The highest BCUT2D eigenvalue weighted by molar-refractivity contribution is 5.67. The number of nitro groups is 1. The van der Waals surface area contributed by atoms with Gasteiger partial charge >= 0.3 is 0 Å². The van der Waals surface area contributed by atoms with Crippen LogP contribution in [0.1, 0.15) is 49.5 Å². The maximum atomic E-state index is 10.9. The average Bonchev–Trinajstić information content (AvgIpc) is 2.67. The first-order valence-corrected chi connectivity index (χ1v) is 8.47. The largest absolute Gasteiger partial charge is 0.383 e. The molecule has 128 valence electrons. The number of aromatic nitrogens is 1. The first kappa shape index (κ1) is 17.1. The fourth-order valence-corrected chi connectivity index (χ4v) is 3.03. The summed E-state index contributed by atoms with van der Waals surface area (Å²) in [5, 5.41) is 21.7. The van der Waals surface area contributed by atoms with Crippen LogP contribution < -0.4 is 0 Å². The van der Waals surface area contributed by atoms with Gasteiger partial charge in [0.2, 0.25) is 0 Å². The Morgan fingerprint density at radius 1 is 1.12 bits per heavy atom. The van der Waals surface area contributed by atoms with E-state index in [4.69, 9.17) is 0 Å². The summed E-state index contributed by atoms with van der Waals surface area (Å²) >= 11 is 0. The summed E-state index contributed by atoms with van der Waals surface area (Å²) in [6.45, 7) is 0. The Labute approximate surface area is 146 Å². The molecule has 5 heteroatoms. The van der Waals surface area contributed by atoms with Gasteiger partial charge < -0.3 is 5.11 Å². The van der Waals surface area contributed by atoms with Gasteiger partial charge in [-0.1, -0.05) is 12.5 Å². The molecule has 1 fully saturated rings. The fourth-order valence-electron chi connectivity index (χ4n) is 3.03. The number of hydrogen-bond donors (Lipinski definition) is 1. The molecule has 0 saturated heterocycles. The maximum Gasteiger partial charge on any atom is 0.269 e. The second kappa shape index (κ2) is 7.88. The van der Waals surface area contributed by atoms with Crippen LogP contribution in [0, 0.1) is 10.1 Å². The lowest BCUT2D eigenvalue weighted by Crippen LogP contribution is -2.03. The maximum absolute atomic E-state index is 10.9. The van der Waals surface area contributed by atoms with Gasteiger partial charge in [0.25, 0.3) is 5.69 Å². The predicted molar refractivity (Wildman–Crippen MR) is 95.8 cm³/mol. The summed E-state index contributed by atoms with van der Waals surface area (Å²) in [4.78, 5) is 14.7. The Bertz CT molecular complexity index is 799. The van der Waals surface area contributed by atoms with E-state index in [1.54, 1.807) is 18.3 Å². The molecule has 1 atom stereocenters. The van der Waals surface area contributed by atoms with Crippen molar-refractivity contribution in [1.29, 1.82) is 0 Å². The molecular formula is C20H20N2O3. The van der Waals surface area contributed by atoms with Gasteiger partial charge in [0, 0.05) is 18.3 Å². The third-order valence-corrected chi connectivity index (χ3v) is 4.40. The monoisotopic (exact) mass is 336 g/mol. The van der Waals surface area contributed by atoms with Crippen molar-refractivity contribution in [3.8, 4) is 0 Å². The van der Waals surface area contributed by atoms with E-state index in [1.165, 1.54) is 24.1 Å². The minimum absolute atomic E-state index is 0.00458. The van der Waals surface area contributed by atoms with Gasteiger partial charge in [-0.15, -0.1) is 5.73 Å². The molecule has 1 N–H and O–H groups in total. The Kier molecular flexibility index (Phi) is 5.39. The van der Waals surface area contributed by atoms with Crippen LogP contribution >= 0.6 is 0 Å². The van der Waals surface area contributed by atoms with E-state index in [1.807, 2.05) is 18.2 Å². The summed E-state index contributed by atoms with van der Waals surface area (Å²) < 4.78 is 0. The highest BCUT2D eigenvalue weighted by Crippen LogP contribution is 2.31. The molecule has 2 aromatic rings. The van der Waals surface area contributed by atoms with E-state index in [-0.39, 0.29) is 5.69 Å². The van der Waals surface area contributed by atoms with Gasteiger partial charge in [0.05, 0.1) is 16.2 Å². The molecule has 0 spiro atoms. The smallest absolute Gasteiger partial charge is 0.269 e. The molecule has 1 heterocycles. The number of aliphatic hydroxyl groups is 1. The topological polar surface area (TPSA) is 76.3 Å². The number of nitrogens with zero attached hydrogens (tertiary/aromatic N) is 2. The van der Waals surface area contributed by atoms with Crippen LogP contribution in [-0.2, 0) is 0 Å². The molecule has 0 bridgehead atoms. The normalized spacial score (nSPS) is 15.3. The zero-order valence-corrected chi connectivity index (χ0v) is 13.9. The van der Waals surface area contributed by atoms with Crippen LogP contribution in [0.15, 0.2) is 60.0 Å². The van der Waals surface area contributed by atoms with Gasteiger partial charge in [-0.3, -0.25) is 15.1 Å². The van der Waals surface area contributed by atoms with E-state index in [0.717, 1.165) is 25.7 Å². The summed E-state index contributed by atoms with van der Waals surface area (Å²) in [7, 11) is 0. The molecule has 3 rings (SSSR count). The lowest BCUT2D eigenvalue weighted by atomic mass is 9.92. The third-order valence-electron chi connectivity index (χ3n) is 4.40. The molecule has 0 amide bonds. The first-order valence-electron chi connectivity index (χ1n) is 8.47. The molecule has 1 aliphatic carbocycles. The standard InChI is InChI=1S/C20H20N2O3/c23-20(16-9-11-17(12-10-16)22(24)25)18(19-8-4-5-13-21-19)14-15-6-2-1-3-7-15/h4-5,8-13,20,23H,1-3,6-7H2. The third kappa shape index (κ3) is 4.21. The van der Waals surface area contributed by atoms with Crippen LogP contribution in [0.5, 0.6) is 0 Å². The molecule has 0 aliphatic heterocycles. The van der Waals surface area contributed by atoms with Crippen LogP contribution in [0.2, 0.25) is 0 Å². The highest BCUT2D eigenvalue weighted by Gasteiger charge is 2.18. The summed E-state index contributed by atoms with van der Waals surface area (Å²) in [5.74, 6) is 0. The van der Waals surface area contributed by atoms with Gasteiger partial charge in [0.1, 0.15) is 6.10 Å². The number of nitro benzene ring substituents is 1. The Balaban J connectivity index is 2.02.